The first-order chi connectivity index (χ1) is 9.84. The van der Waals surface area contributed by atoms with Gasteiger partial charge >= 0.3 is 0 Å². The maximum Gasteiger partial charge on any atom is 0.223 e. The summed E-state index contributed by atoms with van der Waals surface area (Å²) in [5.41, 5.74) is 1.23. The van der Waals surface area contributed by atoms with Gasteiger partial charge in [-0.25, -0.2) is 0 Å². The van der Waals surface area contributed by atoms with Crippen molar-refractivity contribution in [3.8, 4) is 0 Å². The van der Waals surface area contributed by atoms with Crippen LogP contribution in [0.15, 0.2) is 24.3 Å². The fourth-order valence-corrected chi connectivity index (χ4v) is 3.06. The van der Waals surface area contributed by atoms with Crippen molar-refractivity contribution in [2.24, 2.45) is 0 Å². The summed E-state index contributed by atoms with van der Waals surface area (Å²) in [5.74, 6) is 0.288. The molecule has 2 aliphatic rings. The van der Waals surface area contributed by atoms with Crippen LogP contribution in [0.2, 0.25) is 0 Å². The van der Waals surface area contributed by atoms with Crippen LogP contribution in [0.1, 0.15) is 24.4 Å². The van der Waals surface area contributed by atoms with E-state index in [1.807, 2.05) is 17.0 Å². The van der Waals surface area contributed by atoms with Gasteiger partial charge in [0.2, 0.25) is 5.91 Å². The lowest BCUT2D eigenvalue weighted by atomic mass is 10.0. The van der Waals surface area contributed by atoms with E-state index in [4.69, 9.17) is 4.74 Å². The van der Waals surface area contributed by atoms with Crippen molar-refractivity contribution in [1.29, 1.82) is 0 Å². The number of hydrogen-bond donors (Lipinski definition) is 0. The monoisotopic (exact) mass is 273 g/mol. The first-order valence-electron chi connectivity index (χ1n) is 7.40. The number of hydrogen-bond acceptors (Lipinski definition) is 3. The number of carbonyl (C=O) groups is 1. The van der Waals surface area contributed by atoms with Gasteiger partial charge in [0, 0.05) is 32.6 Å². The minimum absolute atomic E-state index is 0.248. The molecule has 0 spiro atoms. The van der Waals surface area contributed by atoms with E-state index in [1.54, 1.807) is 0 Å². The first-order valence-corrected chi connectivity index (χ1v) is 7.40. The van der Waals surface area contributed by atoms with E-state index in [0.29, 0.717) is 6.42 Å². The van der Waals surface area contributed by atoms with Crippen LogP contribution in [-0.2, 0) is 9.53 Å². The Labute approximate surface area is 120 Å². The molecule has 2 aliphatic heterocycles. The Balaban J connectivity index is 1.62. The van der Waals surface area contributed by atoms with Crippen LogP contribution < -0.4 is 0 Å². The summed E-state index contributed by atoms with van der Waals surface area (Å²) in [6.07, 6.45) is 1.61. The second kappa shape index (κ2) is 6.37. The molecule has 0 aromatic heterocycles. The standard InChI is InChI=1S/C16H21N2O2/c19-16-7-6-15(14-4-2-1-3-5-14)18(16)9-8-17-10-12-20-13-11-17/h2-5,15H,6-13H2. The number of ether oxygens (including phenoxy) is 1. The third kappa shape index (κ3) is 3.02. The van der Waals surface area contributed by atoms with E-state index < -0.39 is 0 Å². The Morgan fingerprint density at radius 2 is 1.95 bits per heavy atom. The van der Waals surface area contributed by atoms with Crippen molar-refractivity contribution in [1.82, 2.24) is 9.80 Å². The molecule has 20 heavy (non-hydrogen) atoms. The predicted octanol–water partition coefficient (Wildman–Crippen LogP) is 1.48. The third-order valence-electron chi connectivity index (χ3n) is 4.22. The summed E-state index contributed by atoms with van der Waals surface area (Å²) in [4.78, 5) is 16.5. The van der Waals surface area contributed by atoms with Gasteiger partial charge in [-0.2, -0.15) is 0 Å². The molecule has 107 valence electrons. The van der Waals surface area contributed by atoms with E-state index in [1.165, 1.54) is 5.56 Å². The van der Waals surface area contributed by atoms with Crippen LogP contribution in [0.25, 0.3) is 0 Å². The number of nitrogens with zero attached hydrogens (tertiary/aromatic N) is 2. The Hall–Kier alpha value is -1.39. The largest absolute Gasteiger partial charge is 0.379 e. The predicted molar refractivity (Wildman–Crippen MR) is 76.2 cm³/mol. The van der Waals surface area contributed by atoms with Gasteiger partial charge in [-0.3, -0.25) is 9.69 Å². The van der Waals surface area contributed by atoms with Gasteiger partial charge in [-0.05, 0) is 18.1 Å². The quantitative estimate of drug-likeness (QED) is 0.833. The average molecular weight is 273 g/mol. The molecule has 3 rings (SSSR count). The maximum absolute atomic E-state index is 12.1. The SMILES string of the molecule is O=C1CCC(c2cc[c]cc2)N1CCN1CCOCC1. The van der Waals surface area contributed by atoms with Crippen LogP contribution in [0.4, 0.5) is 0 Å². The van der Waals surface area contributed by atoms with E-state index in [9.17, 15) is 4.79 Å². The summed E-state index contributed by atoms with van der Waals surface area (Å²) in [6, 6.07) is 11.3. The first kappa shape index (κ1) is 13.6. The number of amides is 1. The molecule has 0 saturated carbocycles. The van der Waals surface area contributed by atoms with Crippen molar-refractivity contribution in [2.75, 3.05) is 39.4 Å². The van der Waals surface area contributed by atoms with Crippen LogP contribution in [-0.4, -0.2) is 55.1 Å². The van der Waals surface area contributed by atoms with Gasteiger partial charge in [0.1, 0.15) is 0 Å². The van der Waals surface area contributed by atoms with Crippen molar-refractivity contribution in [3.05, 3.63) is 35.9 Å². The second-order valence-electron chi connectivity index (χ2n) is 5.43. The molecule has 1 atom stereocenters. The van der Waals surface area contributed by atoms with Crippen molar-refractivity contribution in [3.63, 3.8) is 0 Å². The molecule has 4 nitrogen and oxygen atoms in total. The maximum atomic E-state index is 12.1. The number of carbonyl (C=O) groups excluding carboxylic acids is 1. The Morgan fingerprint density at radius 1 is 1.20 bits per heavy atom. The summed E-state index contributed by atoms with van der Waals surface area (Å²) in [5, 5.41) is 0. The number of rotatable bonds is 4. The molecule has 4 heteroatoms. The normalized spacial score (nSPS) is 24.3. The Morgan fingerprint density at radius 3 is 2.70 bits per heavy atom. The van der Waals surface area contributed by atoms with E-state index in [-0.39, 0.29) is 11.9 Å². The van der Waals surface area contributed by atoms with Gasteiger partial charge in [-0.15, -0.1) is 0 Å². The lowest BCUT2D eigenvalue weighted by Crippen LogP contribution is -2.42. The molecule has 2 fully saturated rings. The summed E-state index contributed by atoms with van der Waals surface area (Å²) >= 11 is 0. The van der Waals surface area contributed by atoms with Gasteiger partial charge in [0.05, 0.1) is 19.3 Å². The molecule has 2 heterocycles. The molecule has 0 bridgehead atoms. The molecule has 0 aliphatic carbocycles. The molecule has 2 saturated heterocycles. The lowest BCUT2D eigenvalue weighted by molar-refractivity contribution is -0.129. The van der Waals surface area contributed by atoms with Gasteiger partial charge in [0.25, 0.3) is 0 Å². The summed E-state index contributed by atoms with van der Waals surface area (Å²) in [7, 11) is 0. The van der Waals surface area contributed by atoms with Crippen molar-refractivity contribution < 1.29 is 9.53 Å². The molecule has 1 aromatic rings. The van der Waals surface area contributed by atoms with E-state index >= 15 is 0 Å². The van der Waals surface area contributed by atoms with Gasteiger partial charge in [-0.1, -0.05) is 24.3 Å². The average Bonchev–Trinajstić information content (AvgIpc) is 2.88. The third-order valence-corrected chi connectivity index (χ3v) is 4.22. The molecule has 1 amide bonds. The van der Waals surface area contributed by atoms with Crippen LogP contribution >= 0.6 is 0 Å². The molecule has 0 N–H and O–H groups in total. The zero-order valence-electron chi connectivity index (χ0n) is 11.8. The Bertz CT molecular complexity index is 443. The van der Waals surface area contributed by atoms with Crippen LogP contribution in [0.5, 0.6) is 0 Å². The molecule has 1 aromatic carbocycles. The Kier molecular flexibility index (Phi) is 4.33. The highest BCUT2D eigenvalue weighted by atomic mass is 16.5. The van der Waals surface area contributed by atoms with E-state index in [2.05, 4.69) is 23.1 Å². The molecular formula is C16H21N2O2. The highest BCUT2D eigenvalue weighted by molar-refractivity contribution is 5.79. The lowest BCUT2D eigenvalue weighted by Gasteiger charge is -2.31. The minimum atomic E-state index is 0.248. The van der Waals surface area contributed by atoms with Crippen LogP contribution in [0.3, 0.4) is 0 Å². The van der Waals surface area contributed by atoms with Crippen molar-refractivity contribution >= 4 is 5.91 Å². The van der Waals surface area contributed by atoms with E-state index in [0.717, 1.165) is 45.8 Å². The number of benzene rings is 1. The number of morpholine rings is 1. The smallest absolute Gasteiger partial charge is 0.223 e. The topological polar surface area (TPSA) is 32.8 Å². The summed E-state index contributed by atoms with van der Waals surface area (Å²) in [6.45, 7) is 5.35. The highest BCUT2D eigenvalue weighted by Gasteiger charge is 2.31. The molecule has 1 unspecified atom stereocenters. The van der Waals surface area contributed by atoms with Gasteiger partial charge in [0.15, 0.2) is 0 Å². The highest BCUT2D eigenvalue weighted by Crippen LogP contribution is 2.32. The fraction of sp³-hybridized carbons (Fsp3) is 0.562. The fourth-order valence-electron chi connectivity index (χ4n) is 3.06. The minimum Gasteiger partial charge on any atom is -0.379 e. The van der Waals surface area contributed by atoms with Gasteiger partial charge < -0.3 is 9.64 Å². The zero-order valence-corrected chi connectivity index (χ0v) is 11.8. The zero-order chi connectivity index (χ0) is 13.8. The van der Waals surface area contributed by atoms with Crippen molar-refractivity contribution in [2.45, 2.75) is 18.9 Å². The number of likely N-dealkylation sites (tertiary alicyclic amines) is 1. The molecule has 1 radical (unpaired) electrons. The molecular weight excluding hydrogens is 252 g/mol. The summed E-state index contributed by atoms with van der Waals surface area (Å²) < 4.78 is 5.36. The second-order valence-corrected chi connectivity index (χ2v) is 5.43. The van der Waals surface area contributed by atoms with Crippen LogP contribution in [0, 0.1) is 6.07 Å².